The number of nitrogens with zero attached hydrogens (tertiary/aromatic N) is 1. The van der Waals surface area contributed by atoms with Crippen LogP contribution < -0.4 is 0 Å². The van der Waals surface area contributed by atoms with Gasteiger partial charge in [-0.15, -0.1) is 0 Å². The highest BCUT2D eigenvalue weighted by molar-refractivity contribution is 6.00. The predicted octanol–water partition coefficient (Wildman–Crippen LogP) is 10.8. The number of fused-ring (bicyclic) bond motifs is 9. The molecule has 4 N–H and O–H groups in total. The van der Waals surface area contributed by atoms with E-state index in [1.54, 1.807) is 0 Å². The molecule has 0 aliphatic carbocycles. The average molecular weight is 723 g/mol. The summed E-state index contributed by atoms with van der Waals surface area (Å²) in [6.45, 7) is 0. The standard InChI is InChI=1S/C37H16F10N4O/c38-28-26(29(39)33(43)36(46)32(28)42)24-19-7-5-15(48-19)16-6-8-20(49-16)25(27-30(40)34(44)37(47)35(45)31(27)41)22-12-10-18(51-22)23(17-9-11-21(24)50-17)13-1-3-14(52)4-2-13/h1-12,48-50,52H. The van der Waals surface area contributed by atoms with Gasteiger partial charge in [-0.3, -0.25) is 0 Å². The minimum atomic E-state index is -2.37. The van der Waals surface area contributed by atoms with Crippen LogP contribution in [0.3, 0.4) is 0 Å². The van der Waals surface area contributed by atoms with Gasteiger partial charge in [0.25, 0.3) is 0 Å². The van der Waals surface area contributed by atoms with E-state index in [0.717, 1.165) is 0 Å². The van der Waals surface area contributed by atoms with Crippen LogP contribution in [-0.4, -0.2) is 25.0 Å². The number of aromatic nitrogens is 4. The molecule has 52 heavy (non-hydrogen) atoms. The lowest BCUT2D eigenvalue weighted by molar-refractivity contribution is 0.381. The maximum Gasteiger partial charge on any atom is 0.200 e. The molecule has 0 radical (unpaired) electrons. The third-order valence-electron chi connectivity index (χ3n) is 8.65. The summed E-state index contributed by atoms with van der Waals surface area (Å²) in [6, 6.07) is 13.5. The maximum absolute atomic E-state index is 15.5. The zero-order chi connectivity index (χ0) is 36.7. The highest BCUT2D eigenvalue weighted by atomic mass is 19.2. The van der Waals surface area contributed by atoms with Gasteiger partial charge < -0.3 is 20.1 Å². The van der Waals surface area contributed by atoms with Crippen molar-refractivity contribution in [3.63, 3.8) is 0 Å². The lowest BCUT2D eigenvalue weighted by Gasteiger charge is -2.10. The molecular formula is C37H16F10N4O. The SMILES string of the molecule is Oc1ccc(-c2c3nc(c(-c4c(F)c(F)c(F)c(F)c4F)c4ccc([nH]4)c4ccc([nH]4)c(-c4c(F)c(F)c(F)c(F)c4F)c4ccc2[nH]4)C=C3)cc1. The maximum atomic E-state index is 15.5. The molecular weight excluding hydrogens is 706 g/mol. The van der Waals surface area contributed by atoms with E-state index in [0.29, 0.717) is 5.56 Å². The molecule has 0 amide bonds. The Morgan fingerprint density at radius 1 is 0.346 bits per heavy atom. The van der Waals surface area contributed by atoms with Crippen molar-refractivity contribution in [3.8, 4) is 39.1 Å². The predicted molar refractivity (Wildman–Crippen MR) is 173 cm³/mol. The van der Waals surface area contributed by atoms with Crippen LogP contribution >= 0.6 is 0 Å². The fourth-order valence-electron chi connectivity index (χ4n) is 6.26. The van der Waals surface area contributed by atoms with Crippen LogP contribution in [0.15, 0.2) is 60.7 Å². The Morgan fingerprint density at radius 3 is 1.13 bits per heavy atom. The van der Waals surface area contributed by atoms with E-state index in [9.17, 15) is 31.4 Å². The van der Waals surface area contributed by atoms with Crippen molar-refractivity contribution in [1.29, 1.82) is 0 Å². The van der Waals surface area contributed by atoms with E-state index in [1.165, 1.54) is 72.8 Å². The van der Waals surface area contributed by atoms with Crippen LogP contribution in [0.2, 0.25) is 0 Å². The first-order valence-corrected chi connectivity index (χ1v) is 15.0. The average Bonchev–Trinajstić information content (AvgIpc) is 3.97. The molecule has 0 saturated heterocycles. The van der Waals surface area contributed by atoms with E-state index < -0.39 is 80.4 Å². The van der Waals surface area contributed by atoms with Crippen molar-refractivity contribution in [2.45, 2.75) is 0 Å². The van der Waals surface area contributed by atoms with E-state index in [2.05, 4.69) is 19.9 Å². The summed E-state index contributed by atoms with van der Waals surface area (Å²) in [7, 11) is 0. The van der Waals surface area contributed by atoms with Crippen molar-refractivity contribution >= 4 is 45.3 Å². The zero-order valence-corrected chi connectivity index (χ0v) is 25.6. The third-order valence-corrected chi connectivity index (χ3v) is 8.65. The van der Waals surface area contributed by atoms with Gasteiger partial charge in [0.2, 0.25) is 11.6 Å². The van der Waals surface area contributed by atoms with Gasteiger partial charge in [-0.05, 0) is 66.2 Å². The highest BCUT2D eigenvalue weighted by Crippen LogP contribution is 2.41. The van der Waals surface area contributed by atoms with Gasteiger partial charge >= 0.3 is 0 Å². The molecule has 0 unspecified atom stereocenters. The van der Waals surface area contributed by atoms with Crippen molar-refractivity contribution < 1.29 is 49.0 Å². The van der Waals surface area contributed by atoms with Gasteiger partial charge in [0.1, 0.15) is 5.75 Å². The molecule has 1 aliphatic heterocycles. The largest absolute Gasteiger partial charge is 0.508 e. The van der Waals surface area contributed by atoms with Crippen LogP contribution in [0.25, 0.3) is 78.6 Å². The number of hydrogen-bond acceptors (Lipinski definition) is 2. The normalized spacial score (nSPS) is 12.0. The quantitative estimate of drug-likeness (QED) is 0.0832. The van der Waals surface area contributed by atoms with Crippen molar-refractivity contribution in [1.82, 2.24) is 19.9 Å². The van der Waals surface area contributed by atoms with Crippen LogP contribution in [0.5, 0.6) is 5.75 Å². The molecule has 8 rings (SSSR count). The number of phenols is 1. The number of H-pyrrole nitrogens is 3. The minimum absolute atomic E-state index is 0.0384. The molecule has 4 aromatic heterocycles. The highest BCUT2D eigenvalue weighted by Gasteiger charge is 2.31. The van der Waals surface area contributed by atoms with E-state index in [1.807, 2.05) is 0 Å². The van der Waals surface area contributed by atoms with E-state index >= 15 is 17.6 Å². The van der Waals surface area contributed by atoms with Crippen molar-refractivity contribution in [2.24, 2.45) is 0 Å². The van der Waals surface area contributed by atoms with Crippen molar-refractivity contribution in [2.75, 3.05) is 0 Å². The molecule has 8 bridgehead atoms. The molecule has 0 atom stereocenters. The van der Waals surface area contributed by atoms with Crippen LogP contribution in [0.4, 0.5) is 43.9 Å². The molecule has 5 heterocycles. The van der Waals surface area contributed by atoms with E-state index in [-0.39, 0.29) is 55.8 Å². The van der Waals surface area contributed by atoms with Gasteiger partial charge in [0.05, 0.1) is 33.5 Å². The second-order valence-electron chi connectivity index (χ2n) is 11.6. The number of benzene rings is 3. The fourth-order valence-corrected chi connectivity index (χ4v) is 6.26. The Kier molecular flexibility index (Phi) is 7.41. The van der Waals surface area contributed by atoms with Crippen LogP contribution in [0, 0.1) is 58.2 Å². The number of halogens is 10. The number of rotatable bonds is 3. The molecule has 0 fully saturated rings. The summed E-state index contributed by atoms with van der Waals surface area (Å²) >= 11 is 0. The smallest absolute Gasteiger partial charge is 0.200 e. The second kappa shape index (κ2) is 11.8. The summed E-state index contributed by atoms with van der Waals surface area (Å²) in [6.07, 6.45) is 2.63. The van der Waals surface area contributed by atoms with Crippen LogP contribution in [0.1, 0.15) is 11.4 Å². The molecule has 3 aromatic carbocycles. The van der Waals surface area contributed by atoms with Gasteiger partial charge in [-0.25, -0.2) is 48.9 Å². The number of phenolic OH excluding ortho intramolecular Hbond substituents is 1. The summed E-state index contributed by atoms with van der Waals surface area (Å²) < 4.78 is 148. The first-order chi connectivity index (χ1) is 24.8. The Morgan fingerprint density at radius 2 is 0.673 bits per heavy atom. The van der Waals surface area contributed by atoms with Crippen LogP contribution in [-0.2, 0) is 0 Å². The molecule has 260 valence electrons. The molecule has 0 saturated carbocycles. The Balaban J connectivity index is 1.60. The number of nitrogens with one attached hydrogen (secondary N) is 3. The Labute approximate surface area is 283 Å². The lowest BCUT2D eigenvalue weighted by atomic mass is 10.0. The molecule has 15 heteroatoms. The number of hydrogen-bond donors (Lipinski definition) is 4. The Hall–Kier alpha value is -6.51. The van der Waals surface area contributed by atoms with Gasteiger partial charge in [-0.2, -0.15) is 0 Å². The second-order valence-corrected chi connectivity index (χ2v) is 11.6. The first-order valence-electron chi connectivity index (χ1n) is 15.0. The lowest BCUT2D eigenvalue weighted by Crippen LogP contribution is -2.05. The number of aromatic amines is 3. The van der Waals surface area contributed by atoms with Gasteiger partial charge in [0.15, 0.2) is 46.5 Å². The topological polar surface area (TPSA) is 80.5 Å². The fraction of sp³-hybridized carbons (Fsp3) is 0. The molecule has 7 aromatic rings. The summed E-state index contributed by atoms with van der Waals surface area (Å²) in [5, 5.41) is 9.97. The molecule has 1 aliphatic rings. The summed E-state index contributed by atoms with van der Waals surface area (Å²) in [4.78, 5) is 13.1. The van der Waals surface area contributed by atoms with Crippen molar-refractivity contribution in [3.05, 3.63) is 130 Å². The first kappa shape index (κ1) is 32.7. The third kappa shape index (κ3) is 4.83. The zero-order valence-electron chi connectivity index (χ0n) is 25.6. The van der Waals surface area contributed by atoms with E-state index in [4.69, 9.17) is 0 Å². The van der Waals surface area contributed by atoms with Gasteiger partial charge in [-0.1, -0.05) is 12.1 Å². The summed E-state index contributed by atoms with van der Waals surface area (Å²) in [5.41, 5.74) is -3.36. The monoisotopic (exact) mass is 722 g/mol. The number of aromatic hydroxyl groups is 1. The minimum Gasteiger partial charge on any atom is -0.508 e. The Bertz CT molecular complexity index is 2760. The summed E-state index contributed by atoms with van der Waals surface area (Å²) in [5.74, 6) is -22.2. The van der Waals surface area contributed by atoms with Gasteiger partial charge in [0, 0.05) is 38.8 Å². The molecule has 5 nitrogen and oxygen atoms in total. The molecule has 0 spiro atoms.